The predicted molar refractivity (Wildman–Crippen MR) is 119 cm³/mol. The predicted octanol–water partition coefficient (Wildman–Crippen LogP) is 3.50. The van der Waals surface area contributed by atoms with Crippen molar-refractivity contribution in [3.8, 4) is 22.6 Å². The van der Waals surface area contributed by atoms with Gasteiger partial charge >= 0.3 is 0 Å². The van der Waals surface area contributed by atoms with Crippen molar-refractivity contribution in [2.75, 3.05) is 11.1 Å². The molecule has 0 aliphatic heterocycles. The van der Waals surface area contributed by atoms with Gasteiger partial charge in [-0.05, 0) is 44.5 Å². The summed E-state index contributed by atoms with van der Waals surface area (Å²) in [6, 6.07) is 11.8. The van der Waals surface area contributed by atoms with Gasteiger partial charge in [-0.3, -0.25) is 9.89 Å². The first-order valence-corrected chi connectivity index (χ1v) is 9.63. The first kappa shape index (κ1) is 19.4. The normalized spacial score (nSPS) is 11.2. The van der Waals surface area contributed by atoms with Crippen LogP contribution in [-0.2, 0) is 0 Å². The summed E-state index contributed by atoms with van der Waals surface area (Å²) in [6.07, 6.45) is 1.72. The van der Waals surface area contributed by atoms with E-state index in [1.807, 2.05) is 57.2 Å². The SMILES string of the molecule is Cc1ccc2[nH]ncc2c1-c1nc(-c2ccccc2NC(C)C)nc(C(N)=O)c1N. The van der Waals surface area contributed by atoms with E-state index in [2.05, 4.69) is 20.5 Å². The van der Waals surface area contributed by atoms with Crippen LogP contribution >= 0.6 is 0 Å². The zero-order valence-electron chi connectivity index (χ0n) is 17.0. The zero-order chi connectivity index (χ0) is 21.4. The quantitative estimate of drug-likeness (QED) is 0.404. The molecule has 0 unspecified atom stereocenters. The molecule has 0 aliphatic carbocycles. The van der Waals surface area contributed by atoms with Crippen molar-refractivity contribution in [1.29, 1.82) is 0 Å². The van der Waals surface area contributed by atoms with Gasteiger partial charge in [-0.15, -0.1) is 0 Å². The van der Waals surface area contributed by atoms with Gasteiger partial charge in [-0.25, -0.2) is 9.97 Å². The molecule has 0 fully saturated rings. The number of nitrogen functional groups attached to an aromatic ring is 1. The van der Waals surface area contributed by atoms with Crippen LogP contribution in [0.25, 0.3) is 33.5 Å². The molecule has 30 heavy (non-hydrogen) atoms. The lowest BCUT2D eigenvalue weighted by molar-refractivity contribution is 0.0996. The molecule has 152 valence electrons. The number of benzene rings is 2. The molecule has 2 aromatic heterocycles. The molecule has 8 nitrogen and oxygen atoms in total. The van der Waals surface area contributed by atoms with Crippen LogP contribution in [0.15, 0.2) is 42.6 Å². The van der Waals surface area contributed by atoms with E-state index in [1.165, 1.54) is 0 Å². The summed E-state index contributed by atoms with van der Waals surface area (Å²) in [4.78, 5) is 21.4. The maximum absolute atomic E-state index is 12.2. The van der Waals surface area contributed by atoms with Crippen molar-refractivity contribution in [3.05, 3.63) is 53.9 Å². The van der Waals surface area contributed by atoms with E-state index in [-0.39, 0.29) is 17.4 Å². The fourth-order valence-electron chi connectivity index (χ4n) is 3.52. The molecule has 8 heteroatoms. The van der Waals surface area contributed by atoms with Crippen molar-refractivity contribution in [2.45, 2.75) is 26.8 Å². The maximum Gasteiger partial charge on any atom is 0.269 e. The molecule has 1 amide bonds. The third-order valence-electron chi connectivity index (χ3n) is 4.86. The number of carbonyl (C=O) groups excluding carboxylic acids is 1. The molecule has 0 spiro atoms. The number of amides is 1. The molecule has 0 radical (unpaired) electrons. The monoisotopic (exact) mass is 401 g/mol. The van der Waals surface area contributed by atoms with Crippen LogP contribution in [0.5, 0.6) is 0 Å². The number of H-pyrrole nitrogens is 1. The van der Waals surface area contributed by atoms with E-state index < -0.39 is 5.91 Å². The highest BCUT2D eigenvalue weighted by Crippen LogP contribution is 2.36. The molecule has 2 heterocycles. The maximum atomic E-state index is 12.2. The van der Waals surface area contributed by atoms with Crippen LogP contribution in [0.3, 0.4) is 0 Å². The highest BCUT2D eigenvalue weighted by atomic mass is 16.1. The lowest BCUT2D eigenvalue weighted by Gasteiger charge is -2.17. The molecular weight excluding hydrogens is 378 g/mol. The second kappa shape index (κ2) is 7.47. The number of anilines is 2. The summed E-state index contributed by atoms with van der Waals surface area (Å²) in [5.74, 6) is -0.333. The Kier molecular flexibility index (Phi) is 4.83. The first-order chi connectivity index (χ1) is 14.4. The fraction of sp³-hybridized carbons (Fsp3) is 0.182. The first-order valence-electron chi connectivity index (χ1n) is 9.63. The lowest BCUT2D eigenvalue weighted by atomic mass is 9.99. The molecule has 2 aromatic carbocycles. The smallest absolute Gasteiger partial charge is 0.269 e. The number of carbonyl (C=O) groups is 1. The van der Waals surface area contributed by atoms with Gasteiger partial charge in [-0.1, -0.05) is 18.2 Å². The Hall–Kier alpha value is -3.94. The van der Waals surface area contributed by atoms with Gasteiger partial charge in [0.15, 0.2) is 11.5 Å². The Morgan fingerprint density at radius 3 is 2.63 bits per heavy atom. The second-order valence-corrected chi connectivity index (χ2v) is 7.46. The van der Waals surface area contributed by atoms with E-state index in [0.717, 1.165) is 33.3 Å². The highest BCUT2D eigenvalue weighted by Gasteiger charge is 2.22. The number of nitrogens with zero attached hydrogens (tertiary/aromatic N) is 3. The van der Waals surface area contributed by atoms with Gasteiger partial charge < -0.3 is 16.8 Å². The van der Waals surface area contributed by atoms with Crippen molar-refractivity contribution >= 4 is 28.2 Å². The molecule has 4 aromatic rings. The van der Waals surface area contributed by atoms with E-state index in [9.17, 15) is 4.79 Å². The van der Waals surface area contributed by atoms with Gasteiger partial charge in [0.2, 0.25) is 0 Å². The Morgan fingerprint density at radius 1 is 1.13 bits per heavy atom. The molecular formula is C22H23N7O. The third kappa shape index (κ3) is 3.32. The van der Waals surface area contributed by atoms with Crippen LogP contribution < -0.4 is 16.8 Å². The minimum atomic E-state index is -0.705. The van der Waals surface area contributed by atoms with E-state index in [0.29, 0.717) is 11.5 Å². The Labute approximate surface area is 173 Å². The van der Waals surface area contributed by atoms with E-state index in [1.54, 1.807) is 6.20 Å². The molecule has 0 aliphatic rings. The molecule has 0 bridgehead atoms. The summed E-state index contributed by atoms with van der Waals surface area (Å²) in [6.45, 7) is 6.05. The van der Waals surface area contributed by atoms with Crippen LogP contribution in [0, 0.1) is 6.92 Å². The van der Waals surface area contributed by atoms with Gasteiger partial charge in [0, 0.05) is 28.2 Å². The van der Waals surface area contributed by atoms with Crippen molar-refractivity contribution in [3.63, 3.8) is 0 Å². The number of hydrogen-bond acceptors (Lipinski definition) is 6. The molecule has 0 atom stereocenters. The van der Waals surface area contributed by atoms with Crippen LogP contribution in [0.1, 0.15) is 29.9 Å². The van der Waals surface area contributed by atoms with Crippen molar-refractivity contribution in [2.24, 2.45) is 5.73 Å². The number of fused-ring (bicyclic) bond motifs is 1. The largest absolute Gasteiger partial charge is 0.395 e. The third-order valence-corrected chi connectivity index (χ3v) is 4.86. The summed E-state index contributed by atoms with van der Waals surface area (Å²) in [7, 11) is 0. The molecule has 0 saturated carbocycles. The molecule has 4 rings (SSSR count). The number of para-hydroxylation sites is 1. The van der Waals surface area contributed by atoms with Crippen LogP contribution in [0.4, 0.5) is 11.4 Å². The van der Waals surface area contributed by atoms with Crippen LogP contribution in [0.2, 0.25) is 0 Å². The number of nitrogens with one attached hydrogen (secondary N) is 2. The number of aromatic nitrogens is 4. The standard InChI is InChI=1S/C22H23N7O/c1-11(2)26-15-7-5-4-6-13(15)22-27-19(18(23)20(28-22)21(24)30)17-12(3)8-9-16-14(17)10-25-29-16/h4-11,26H,23H2,1-3H3,(H2,24,30)(H,25,29). The van der Waals surface area contributed by atoms with Gasteiger partial charge in [0.25, 0.3) is 5.91 Å². The minimum absolute atomic E-state index is 0.00533. The van der Waals surface area contributed by atoms with Gasteiger partial charge in [0.1, 0.15) is 0 Å². The number of primary amides is 1. The summed E-state index contributed by atoms with van der Waals surface area (Å²) >= 11 is 0. The minimum Gasteiger partial charge on any atom is -0.395 e. The summed E-state index contributed by atoms with van der Waals surface area (Å²) < 4.78 is 0. The Morgan fingerprint density at radius 2 is 1.90 bits per heavy atom. The topological polar surface area (TPSA) is 136 Å². The number of rotatable bonds is 5. The Balaban J connectivity index is 2.03. The van der Waals surface area contributed by atoms with E-state index in [4.69, 9.17) is 16.5 Å². The second-order valence-electron chi connectivity index (χ2n) is 7.46. The molecule has 0 saturated heterocycles. The highest BCUT2D eigenvalue weighted by molar-refractivity contribution is 6.04. The Bertz CT molecular complexity index is 1260. The van der Waals surface area contributed by atoms with Gasteiger partial charge in [0.05, 0.1) is 23.1 Å². The zero-order valence-corrected chi connectivity index (χ0v) is 17.0. The van der Waals surface area contributed by atoms with E-state index >= 15 is 0 Å². The average Bonchev–Trinajstić information content (AvgIpc) is 3.17. The lowest BCUT2D eigenvalue weighted by Crippen LogP contribution is -2.18. The number of hydrogen-bond donors (Lipinski definition) is 4. The summed E-state index contributed by atoms with van der Waals surface area (Å²) in [5.41, 5.74) is 16.8. The average molecular weight is 401 g/mol. The number of aryl methyl sites for hydroxylation is 1. The molecule has 6 N–H and O–H groups in total. The number of nitrogens with two attached hydrogens (primary N) is 2. The summed E-state index contributed by atoms with van der Waals surface area (Å²) in [5, 5.41) is 11.3. The van der Waals surface area contributed by atoms with Crippen molar-refractivity contribution in [1.82, 2.24) is 20.2 Å². The van der Waals surface area contributed by atoms with Gasteiger partial charge in [-0.2, -0.15) is 5.10 Å². The fourth-order valence-corrected chi connectivity index (χ4v) is 3.52. The van der Waals surface area contributed by atoms with Crippen molar-refractivity contribution < 1.29 is 4.79 Å². The number of aromatic amines is 1. The van der Waals surface area contributed by atoms with Crippen LogP contribution in [-0.4, -0.2) is 32.1 Å².